The van der Waals surface area contributed by atoms with Crippen LogP contribution in [0.25, 0.3) is 0 Å². The van der Waals surface area contributed by atoms with Crippen molar-refractivity contribution in [3.05, 3.63) is 30.1 Å². The molecule has 0 heterocycles. The lowest BCUT2D eigenvalue weighted by atomic mass is 10.3. The summed E-state index contributed by atoms with van der Waals surface area (Å²) in [6.07, 6.45) is 1.37. The Balaban J connectivity index is 2.80. The van der Waals surface area contributed by atoms with Crippen LogP contribution in [0.3, 0.4) is 0 Å². The van der Waals surface area contributed by atoms with Gasteiger partial charge in [-0.2, -0.15) is 4.99 Å². The fourth-order valence-corrected chi connectivity index (χ4v) is 0.712. The quantitative estimate of drug-likeness (QED) is 0.401. The summed E-state index contributed by atoms with van der Waals surface area (Å²) in [6, 6.07) is 5.04. The van der Waals surface area contributed by atoms with E-state index < -0.39 is 0 Å². The number of amidine groups is 1. The van der Waals surface area contributed by atoms with E-state index in [-0.39, 0.29) is 11.8 Å². The molecule has 0 atom stereocenters. The van der Waals surface area contributed by atoms with Gasteiger partial charge in [-0.3, -0.25) is 0 Å². The lowest BCUT2D eigenvalue weighted by Gasteiger charge is -1.94. The summed E-state index contributed by atoms with van der Waals surface area (Å²) in [5, 5.41) is 8.07. The molecule has 0 unspecified atom stereocenters. The third-order valence-corrected chi connectivity index (χ3v) is 1.22. The Bertz CT molecular complexity index is 353. The van der Waals surface area contributed by atoms with Crippen molar-refractivity contribution in [2.45, 2.75) is 0 Å². The molecule has 0 saturated heterocycles. The van der Waals surface area contributed by atoms with Gasteiger partial charge in [-0.15, -0.1) is 5.26 Å². The lowest BCUT2D eigenvalue weighted by molar-refractivity contribution is 0.491. The maximum absolute atomic E-state index is 12.4. The highest BCUT2D eigenvalue weighted by atomic mass is 19.1. The zero-order chi connectivity index (χ0) is 9.68. The van der Waals surface area contributed by atoms with E-state index in [9.17, 15) is 4.39 Å². The number of nitrogens with two attached hydrogens (primary N) is 1. The number of rotatable bonds is 1. The standard InChI is InChI=1S/C8H6FN3O/c9-6-1-3-7(4-2-6)12-8(11)13-5-10/h1-4H,(H2,11,12). The van der Waals surface area contributed by atoms with Crippen LogP contribution in [0.4, 0.5) is 10.1 Å². The molecule has 1 aromatic carbocycles. The smallest absolute Gasteiger partial charge is 0.304 e. The van der Waals surface area contributed by atoms with Crippen molar-refractivity contribution in [1.82, 2.24) is 0 Å². The van der Waals surface area contributed by atoms with Crippen molar-refractivity contribution in [2.75, 3.05) is 0 Å². The zero-order valence-electron chi connectivity index (χ0n) is 6.57. The number of benzene rings is 1. The van der Waals surface area contributed by atoms with Gasteiger partial charge in [-0.05, 0) is 24.3 Å². The fourth-order valence-electron chi connectivity index (χ4n) is 0.712. The van der Waals surface area contributed by atoms with E-state index in [0.717, 1.165) is 0 Å². The number of hydrogen-bond acceptors (Lipinski definition) is 3. The van der Waals surface area contributed by atoms with E-state index in [4.69, 9.17) is 11.0 Å². The molecule has 13 heavy (non-hydrogen) atoms. The van der Waals surface area contributed by atoms with Gasteiger partial charge in [0.2, 0.25) is 0 Å². The Labute approximate surface area is 74.1 Å². The first kappa shape index (κ1) is 9.00. The Morgan fingerprint density at radius 1 is 1.46 bits per heavy atom. The van der Waals surface area contributed by atoms with Crippen LogP contribution in [0.5, 0.6) is 0 Å². The molecule has 66 valence electrons. The number of hydrogen-bond donors (Lipinski definition) is 1. The molecule has 0 spiro atoms. The molecule has 0 saturated carbocycles. The van der Waals surface area contributed by atoms with E-state index in [1.165, 1.54) is 30.5 Å². The highest BCUT2D eigenvalue weighted by molar-refractivity contribution is 5.75. The van der Waals surface area contributed by atoms with Gasteiger partial charge in [0, 0.05) is 0 Å². The molecular formula is C8H6FN3O. The van der Waals surface area contributed by atoms with Gasteiger partial charge in [0.1, 0.15) is 5.82 Å². The van der Waals surface area contributed by atoms with Crippen LogP contribution in [-0.2, 0) is 4.74 Å². The predicted octanol–water partition coefficient (Wildman–Crippen LogP) is 1.27. The number of ether oxygens (including phenoxy) is 1. The normalized spacial score (nSPS) is 10.6. The summed E-state index contributed by atoms with van der Waals surface area (Å²) in [7, 11) is 0. The van der Waals surface area contributed by atoms with Gasteiger partial charge >= 0.3 is 6.02 Å². The van der Waals surface area contributed by atoms with E-state index in [1.54, 1.807) is 0 Å². The number of nitriles is 1. The minimum absolute atomic E-state index is 0.269. The Morgan fingerprint density at radius 3 is 2.62 bits per heavy atom. The van der Waals surface area contributed by atoms with Crippen molar-refractivity contribution in [3.8, 4) is 6.26 Å². The molecule has 0 amide bonds. The highest BCUT2D eigenvalue weighted by Crippen LogP contribution is 2.11. The topological polar surface area (TPSA) is 71.4 Å². The van der Waals surface area contributed by atoms with E-state index in [1.807, 2.05) is 0 Å². The van der Waals surface area contributed by atoms with Crippen LogP contribution >= 0.6 is 0 Å². The number of halogens is 1. The molecule has 1 rings (SSSR count). The summed E-state index contributed by atoms with van der Waals surface area (Å²) in [4.78, 5) is 3.67. The van der Waals surface area contributed by atoms with Gasteiger partial charge in [0.25, 0.3) is 6.26 Å². The molecule has 0 aromatic heterocycles. The molecule has 0 aliphatic heterocycles. The first-order valence-corrected chi connectivity index (χ1v) is 3.38. The zero-order valence-corrected chi connectivity index (χ0v) is 6.57. The monoisotopic (exact) mass is 179 g/mol. The third-order valence-electron chi connectivity index (χ3n) is 1.22. The summed E-state index contributed by atoms with van der Waals surface area (Å²) in [5.41, 5.74) is 5.59. The molecule has 1 aromatic rings. The molecule has 4 nitrogen and oxygen atoms in total. The molecule has 0 aliphatic rings. The summed E-state index contributed by atoms with van der Waals surface area (Å²) in [5.74, 6) is -0.362. The van der Waals surface area contributed by atoms with Crippen molar-refractivity contribution in [3.63, 3.8) is 0 Å². The van der Waals surface area contributed by atoms with Crippen LogP contribution in [0.2, 0.25) is 0 Å². The first-order valence-electron chi connectivity index (χ1n) is 3.38. The van der Waals surface area contributed by atoms with Crippen molar-refractivity contribution in [1.29, 1.82) is 5.26 Å². The maximum atomic E-state index is 12.4. The average molecular weight is 179 g/mol. The van der Waals surface area contributed by atoms with Crippen molar-refractivity contribution >= 4 is 11.7 Å². The van der Waals surface area contributed by atoms with Crippen LogP contribution in [-0.4, -0.2) is 6.02 Å². The lowest BCUT2D eigenvalue weighted by Crippen LogP contribution is -2.12. The molecule has 0 fully saturated rings. The largest absolute Gasteiger partial charge is 0.352 e. The number of nitrogens with zero attached hydrogens (tertiary/aromatic N) is 2. The molecule has 0 bridgehead atoms. The highest BCUT2D eigenvalue weighted by Gasteiger charge is 1.94. The minimum atomic E-state index is -0.362. The van der Waals surface area contributed by atoms with E-state index >= 15 is 0 Å². The summed E-state index contributed by atoms with van der Waals surface area (Å²) >= 11 is 0. The molecular weight excluding hydrogens is 173 g/mol. The Hall–Kier alpha value is -2.09. The van der Waals surface area contributed by atoms with E-state index in [0.29, 0.717) is 5.69 Å². The van der Waals surface area contributed by atoms with Gasteiger partial charge in [0.15, 0.2) is 0 Å². The summed E-state index contributed by atoms with van der Waals surface area (Å²) < 4.78 is 16.6. The second-order valence-corrected chi connectivity index (χ2v) is 2.12. The first-order chi connectivity index (χ1) is 6.22. The van der Waals surface area contributed by atoms with Crippen molar-refractivity contribution < 1.29 is 9.13 Å². The third kappa shape index (κ3) is 2.79. The molecule has 5 heteroatoms. The summed E-state index contributed by atoms with van der Waals surface area (Å²) in [6.45, 7) is 0. The van der Waals surface area contributed by atoms with Crippen LogP contribution in [0.1, 0.15) is 0 Å². The van der Waals surface area contributed by atoms with Gasteiger partial charge in [-0.25, -0.2) is 4.39 Å². The average Bonchev–Trinajstić information content (AvgIpc) is 2.09. The Morgan fingerprint density at radius 2 is 2.08 bits per heavy atom. The fraction of sp³-hybridized carbons (Fsp3) is 0. The van der Waals surface area contributed by atoms with Gasteiger partial charge in [-0.1, -0.05) is 0 Å². The Kier molecular flexibility index (Phi) is 2.82. The van der Waals surface area contributed by atoms with E-state index in [2.05, 4.69) is 9.73 Å². The maximum Gasteiger partial charge on any atom is 0.304 e. The number of aliphatic imine (C=N–C) groups is 1. The van der Waals surface area contributed by atoms with Gasteiger partial charge in [0.05, 0.1) is 5.69 Å². The van der Waals surface area contributed by atoms with Crippen LogP contribution in [0, 0.1) is 17.3 Å². The van der Waals surface area contributed by atoms with Crippen LogP contribution in [0.15, 0.2) is 29.3 Å². The second kappa shape index (κ2) is 4.07. The van der Waals surface area contributed by atoms with Crippen molar-refractivity contribution in [2.24, 2.45) is 10.7 Å². The molecule has 2 N–H and O–H groups in total. The molecule has 0 radical (unpaired) electrons. The minimum Gasteiger partial charge on any atom is -0.352 e. The second-order valence-electron chi connectivity index (χ2n) is 2.12. The molecule has 0 aliphatic carbocycles. The van der Waals surface area contributed by atoms with Crippen LogP contribution < -0.4 is 5.73 Å². The predicted molar refractivity (Wildman–Crippen MR) is 44.4 cm³/mol. The SMILES string of the molecule is N#COC(N)=Nc1ccc(F)cc1. The van der Waals surface area contributed by atoms with Gasteiger partial charge < -0.3 is 10.5 Å².